The van der Waals surface area contributed by atoms with Gasteiger partial charge in [0.15, 0.2) is 0 Å². The molecule has 6 nitrogen and oxygen atoms in total. The highest BCUT2D eigenvalue weighted by Crippen LogP contribution is 2.24. The molecule has 1 aliphatic rings. The summed E-state index contributed by atoms with van der Waals surface area (Å²) in [4.78, 5) is 23.1. The van der Waals surface area contributed by atoms with Gasteiger partial charge < -0.3 is 19.6 Å². The average Bonchev–Trinajstić information content (AvgIpc) is 2.96. The predicted octanol–water partition coefficient (Wildman–Crippen LogP) is 1.21. The number of nitrogens with one attached hydrogen (secondary N) is 1. The summed E-state index contributed by atoms with van der Waals surface area (Å²) < 4.78 is 10.4. The zero-order valence-corrected chi connectivity index (χ0v) is 10.8. The number of furan rings is 1. The standard InChI is InChI=1S/C13H17NO5/c1-2-10-9(3-5-19-10)12(17)14-13(7-11(15)16)4-6-18-8-13/h3,5H,2,4,6-8H2,1H3,(H,14,17)(H,15,16). The van der Waals surface area contributed by atoms with Gasteiger partial charge in [-0.25, -0.2) is 0 Å². The van der Waals surface area contributed by atoms with E-state index in [0.717, 1.165) is 0 Å². The summed E-state index contributed by atoms with van der Waals surface area (Å²) in [6.45, 7) is 2.57. The molecule has 0 saturated carbocycles. The van der Waals surface area contributed by atoms with Crippen LogP contribution in [0.2, 0.25) is 0 Å². The number of carboxylic acids is 1. The van der Waals surface area contributed by atoms with Crippen LogP contribution in [0.4, 0.5) is 0 Å². The summed E-state index contributed by atoms with van der Waals surface area (Å²) >= 11 is 0. The molecule has 104 valence electrons. The van der Waals surface area contributed by atoms with Crippen molar-refractivity contribution in [2.45, 2.75) is 31.7 Å². The van der Waals surface area contributed by atoms with E-state index < -0.39 is 11.5 Å². The Bertz CT molecular complexity index is 473. The van der Waals surface area contributed by atoms with Crippen molar-refractivity contribution in [1.29, 1.82) is 0 Å². The number of hydrogen-bond donors (Lipinski definition) is 2. The molecule has 0 spiro atoms. The van der Waals surface area contributed by atoms with E-state index in [1.807, 2.05) is 6.92 Å². The number of ether oxygens (including phenoxy) is 1. The van der Waals surface area contributed by atoms with Gasteiger partial charge in [0.2, 0.25) is 0 Å². The second-order valence-electron chi connectivity index (χ2n) is 4.72. The van der Waals surface area contributed by atoms with Gasteiger partial charge in [-0.1, -0.05) is 6.92 Å². The van der Waals surface area contributed by atoms with Crippen LogP contribution in [0.15, 0.2) is 16.7 Å². The van der Waals surface area contributed by atoms with Crippen LogP contribution in [0.5, 0.6) is 0 Å². The van der Waals surface area contributed by atoms with Crippen molar-refractivity contribution >= 4 is 11.9 Å². The molecule has 1 aromatic rings. The maximum atomic E-state index is 12.2. The average molecular weight is 267 g/mol. The monoisotopic (exact) mass is 267 g/mol. The first-order chi connectivity index (χ1) is 9.06. The topological polar surface area (TPSA) is 88.8 Å². The second-order valence-corrected chi connectivity index (χ2v) is 4.72. The molecule has 1 saturated heterocycles. The second kappa shape index (κ2) is 5.44. The Morgan fingerprint density at radius 2 is 2.32 bits per heavy atom. The summed E-state index contributed by atoms with van der Waals surface area (Å²) in [6.07, 6.45) is 2.43. The van der Waals surface area contributed by atoms with Gasteiger partial charge >= 0.3 is 5.97 Å². The number of carboxylic acid groups (broad SMARTS) is 1. The molecule has 1 aliphatic heterocycles. The minimum atomic E-state index is -0.950. The van der Waals surface area contributed by atoms with E-state index in [1.54, 1.807) is 6.07 Å². The maximum Gasteiger partial charge on any atom is 0.305 e. The van der Waals surface area contributed by atoms with Crippen molar-refractivity contribution in [1.82, 2.24) is 5.32 Å². The molecule has 0 bridgehead atoms. The Morgan fingerprint density at radius 1 is 1.53 bits per heavy atom. The molecule has 0 radical (unpaired) electrons. The van der Waals surface area contributed by atoms with Gasteiger partial charge in [-0.05, 0) is 12.5 Å². The largest absolute Gasteiger partial charge is 0.481 e. The van der Waals surface area contributed by atoms with E-state index in [2.05, 4.69) is 5.32 Å². The third kappa shape index (κ3) is 2.96. The van der Waals surface area contributed by atoms with Gasteiger partial charge in [-0.15, -0.1) is 0 Å². The zero-order chi connectivity index (χ0) is 13.9. The molecule has 2 N–H and O–H groups in total. The van der Waals surface area contributed by atoms with Crippen molar-refractivity contribution in [2.75, 3.05) is 13.2 Å². The SMILES string of the molecule is CCc1occc1C(=O)NC1(CC(=O)O)CCOC1. The van der Waals surface area contributed by atoms with Gasteiger partial charge in [0.25, 0.3) is 5.91 Å². The third-order valence-electron chi connectivity index (χ3n) is 3.28. The summed E-state index contributed by atoms with van der Waals surface area (Å²) in [5.41, 5.74) is -0.357. The Kier molecular flexibility index (Phi) is 3.90. The highest BCUT2D eigenvalue weighted by atomic mass is 16.5. The van der Waals surface area contributed by atoms with Crippen LogP contribution >= 0.6 is 0 Å². The fraction of sp³-hybridized carbons (Fsp3) is 0.538. The molecular formula is C13H17NO5. The highest BCUT2D eigenvalue weighted by molar-refractivity contribution is 5.96. The van der Waals surface area contributed by atoms with Gasteiger partial charge in [0.1, 0.15) is 5.76 Å². The fourth-order valence-electron chi connectivity index (χ4n) is 2.30. The van der Waals surface area contributed by atoms with Gasteiger partial charge in [-0.3, -0.25) is 9.59 Å². The van der Waals surface area contributed by atoms with E-state index >= 15 is 0 Å². The highest BCUT2D eigenvalue weighted by Gasteiger charge is 2.39. The Labute approximate surface area is 110 Å². The van der Waals surface area contributed by atoms with E-state index in [9.17, 15) is 9.59 Å². The molecule has 0 aromatic carbocycles. The van der Waals surface area contributed by atoms with Crippen LogP contribution in [0.1, 0.15) is 35.9 Å². The molecule has 1 aromatic heterocycles. The van der Waals surface area contributed by atoms with Crippen LogP contribution in [0.3, 0.4) is 0 Å². The van der Waals surface area contributed by atoms with Crippen LogP contribution in [-0.2, 0) is 16.0 Å². The minimum absolute atomic E-state index is 0.141. The lowest BCUT2D eigenvalue weighted by molar-refractivity contribution is -0.138. The lowest BCUT2D eigenvalue weighted by atomic mass is 9.93. The molecule has 1 amide bonds. The molecule has 2 heterocycles. The maximum absolute atomic E-state index is 12.2. The lowest BCUT2D eigenvalue weighted by Gasteiger charge is -2.26. The normalized spacial score (nSPS) is 22.4. The number of carbonyl (C=O) groups excluding carboxylic acids is 1. The predicted molar refractivity (Wildman–Crippen MR) is 66.0 cm³/mol. The molecular weight excluding hydrogens is 250 g/mol. The minimum Gasteiger partial charge on any atom is -0.481 e. The van der Waals surface area contributed by atoms with E-state index in [1.165, 1.54) is 6.26 Å². The van der Waals surface area contributed by atoms with Gasteiger partial charge in [0, 0.05) is 13.0 Å². The zero-order valence-electron chi connectivity index (χ0n) is 10.8. The van der Waals surface area contributed by atoms with Crippen LogP contribution in [0.25, 0.3) is 0 Å². The Morgan fingerprint density at radius 3 is 2.89 bits per heavy atom. The molecule has 0 aliphatic carbocycles. The van der Waals surface area contributed by atoms with Crippen molar-refractivity contribution in [2.24, 2.45) is 0 Å². The number of carbonyl (C=O) groups is 2. The fourth-order valence-corrected chi connectivity index (χ4v) is 2.30. The van der Waals surface area contributed by atoms with Crippen molar-refractivity contribution in [3.05, 3.63) is 23.7 Å². The third-order valence-corrected chi connectivity index (χ3v) is 3.28. The molecule has 6 heteroatoms. The Hall–Kier alpha value is -1.82. The van der Waals surface area contributed by atoms with Crippen molar-refractivity contribution in [3.8, 4) is 0 Å². The molecule has 1 fully saturated rings. The summed E-state index contributed by atoms with van der Waals surface area (Å²) in [6, 6.07) is 1.60. The van der Waals surface area contributed by atoms with Crippen LogP contribution < -0.4 is 5.32 Å². The Balaban J connectivity index is 2.13. The molecule has 1 atom stereocenters. The summed E-state index contributed by atoms with van der Waals surface area (Å²) in [5.74, 6) is -0.659. The molecule has 2 rings (SSSR count). The molecule has 1 unspecified atom stereocenters. The number of aryl methyl sites for hydroxylation is 1. The van der Waals surface area contributed by atoms with E-state index in [0.29, 0.717) is 30.8 Å². The van der Waals surface area contributed by atoms with Gasteiger partial charge in [0.05, 0.1) is 30.4 Å². The number of amides is 1. The molecule has 19 heavy (non-hydrogen) atoms. The first-order valence-electron chi connectivity index (χ1n) is 6.25. The lowest BCUT2D eigenvalue weighted by Crippen LogP contribution is -2.50. The first-order valence-corrected chi connectivity index (χ1v) is 6.25. The van der Waals surface area contributed by atoms with Gasteiger partial charge in [-0.2, -0.15) is 0 Å². The number of aliphatic carboxylic acids is 1. The summed E-state index contributed by atoms with van der Waals surface area (Å²) in [5, 5.41) is 11.8. The van der Waals surface area contributed by atoms with Crippen LogP contribution in [-0.4, -0.2) is 35.7 Å². The number of hydrogen-bond acceptors (Lipinski definition) is 4. The van der Waals surface area contributed by atoms with E-state index in [-0.39, 0.29) is 18.9 Å². The van der Waals surface area contributed by atoms with Crippen molar-refractivity contribution in [3.63, 3.8) is 0 Å². The smallest absolute Gasteiger partial charge is 0.305 e. The first kappa shape index (κ1) is 13.6. The number of rotatable bonds is 5. The summed E-state index contributed by atoms with van der Waals surface area (Å²) in [7, 11) is 0. The van der Waals surface area contributed by atoms with E-state index in [4.69, 9.17) is 14.3 Å². The van der Waals surface area contributed by atoms with Crippen LogP contribution in [0, 0.1) is 0 Å². The van der Waals surface area contributed by atoms with Crippen molar-refractivity contribution < 1.29 is 23.8 Å². The quantitative estimate of drug-likeness (QED) is 0.837.